The van der Waals surface area contributed by atoms with Gasteiger partial charge in [-0.05, 0) is 59.0 Å². The lowest BCUT2D eigenvalue weighted by Crippen LogP contribution is -2.13. The molecule has 0 saturated heterocycles. The second-order valence-electron chi connectivity index (χ2n) is 8.32. The number of halogens is 2. The van der Waals surface area contributed by atoms with Crippen LogP contribution in [-0.2, 0) is 13.2 Å². The molecule has 34 heavy (non-hydrogen) atoms. The summed E-state index contributed by atoms with van der Waals surface area (Å²) >= 11 is 6.27. The molecule has 0 fully saturated rings. The number of rotatable bonds is 8. The number of benzene rings is 3. The van der Waals surface area contributed by atoms with E-state index in [1.165, 1.54) is 17.7 Å². The van der Waals surface area contributed by atoms with E-state index in [0.717, 1.165) is 16.9 Å². The molecule has 1 heterocycles. The van der Waals surface area contributed by atoms with E-state index >= 15 is 0 Å². The first-order valence-electron chi connectivity index (χ1n) is 11.0. The van der Waals surface area contributed by atoms with E-state index in [0.29, 0.717) is 29.7 Å². The van der Waals surface area contributed by atoms with Gasteiger partial charge in [0, 0.05) is 11.8 Å². The first-order chi connectivity index (χ1) is 16.4. The van der Waals surface area contributed by atoms with Crippen LogP contribution in [0.5, 0.6) is 5.75 Å². The van der Waals surface area contributed by atoms with Crippen molar-refractivity contribution < 1.29 is 13.9 Å². The smallest absolute Gasteiger partial charge is 0.256 e. The Balaban J connectivity index is 1.38. The van der Waals surface area contributed by atoms with Gasteiger partial charge in [-0.1, -0.05) is 61.8 Å². The molecule has 1 N–H and O–H groups in total. The number of hydrogen-bond acceptors (Lipinski definition) is 3. The molecule has 0 aliphatic carbocycles. The first-order valence-corrected chi connectivity index (χ1v) is 11.4. The topological polar surface area (TPSA) is 56.1 Å². The Morgan fingerprint density at radius 1 is 1.06 bits per heavy atom. The van der Waals surface area contributed by atoms with Gasteiger partial charge in [0.2, 0.25) is 0 Å². The molecule has 1 aromatic heterocycles. The average molecular weight is 478 g/mol. The van der Waals surface area contributed by atoms with Gasteiger partial charge in [-0.15, -0.1) is 0 Å². The number of nitrogens with one attached hydrogen (secondary N) is 1. The number of ether oxygens (including phenoxy) is 1. The van der Waals surface area contributed by atoms with E-state index in [1.807, 2.05) is 24.3 Å². The fourth-order valence-corrected chi connectivity index (χ4v) is 3.64. The SMILES string of the molecule is CC(C)c1ccc(OCc2cccc(C(=O)Nc3nn(Cc4ccc(F)cc4)cc3Cl)c2)cc1. The Bertz CT molecular complexity index is 1270. The van der Waals surface area contributed by atoms with Crippen molar-refractivity contribution in [1.82, 2.24) is 9.78 Å². The van der Waals surface area contributed by atoms with Crippen LogP contribution in [0, 0.1) is 5.82 Å². The fourth-order valence-electron chi connectivity index (χ4n) is 3.44. The van der Waals surface area contributed by atoms with Gasteiger partial charge in [-0.2, -0.15) is 5.10 Å². The van der Waals surface area contributed by atoms with Crippen LogP contribution in [-0.4, -0.2) is 15.7 Å². The van der Waals surface area contributed by atoms with Gasteiger partial charge in [-0.25, -0.2) is 4.39 Å². The summed E-state index contributed by atoms with van der Waals surface area (Å²) in [5.41, 5.74) is 3.46. The number of aromatic nitrogens is 2. The maximum Gasteiger partial charge on any atom is 0.256 e. The molecular formula is C27H25ClFN3O2. The Labute approximate surface area is 203 Å². The van der Waals surface area contributed by atoms with Crippen LogP contribution in [0.4, 0.5) is 10.2 Å². The zero-order chi connectivity index (χ0) is 24.1. The normalized spacial score (nSPS) is 11.0. The van der Waals surface area contributed by atoms with Gasteiger partial charge in [0.25, 0.3) is 5.91 Å². The maximum absolute atomic E-state index is 13.1. The van der Waals surface area contributed by atoms with Crippen molar-refractivity contribution >= 4 is 23.3 Å². The van der Waals surface area contributed by atoms with Gasteiger partial charge in [0.15, 0.2) is 5.82 Å². The molecule has 0 radical (unpaired) electrons. The molecule has 0 spiro atoms. The number of carbonyl (C=O) groups is 1. The molecule has 4 rings (SSSR count). The lowest BCUT2D eigenvalue weighted by Gasteiger charge is -2.10. The molecule has 0 unspecified atom stereocenters. The maximum atomic E-state index is 13.1. The third-order valence-electron chi connectivity index (χ3n) is 5.35. The third-order valence-corrected chi connectivity index (χ3v) is 5.62. The highest BCUT2D eigenvalue weighted by Crippen LogP contribution is 2.22. The second-order valence-corrected chi connectivity index (χ2v) is 8.72. The molecule has 174 valence electrons. The molecule has 7 heteroatoms. The van der Waals surface area contributed by atoms with Gasteiger partial charge in [0.1, 0.15) is 23.2 Å². The van der Waals surface area contributed by atoms with Crippen LogP contribution in [0.25, 0.3) is 0 Å². The fraction of sp³-hybridized carbons (Fsp3) is 0.185. The number of carbonyl (C=O) groups excluding carboxylic acids is 1. The highest BCUT2D eigenvalue weighted by atomic mass is 35.5. The van der Waals surface area contributed by atoms with Crippen molar-refractivity contribution in [3.8, 4) is 5.75 Å². The standard InChI is InChI=1S/C27H25ClFN3O2/c1-18(2)21-8-12-24(13-9-21)34-17-20-4-3-5-22(14-20)27(33)30-26-25(28)16-32(31-26)15-19-6-10-23(29)11-7-19/h3-14,16,18H,15,17H2,1-2H3,(H,30,31,33). The molecule has 5 nitrogen and oxygen atoms in total. The van der Waals surface area contributed by atoms with Crippen molar-refractivity contribution in [3.05, 3.63) is 112 Å². The van der Waals surface area contributed by atoms with E-state index < -0.39 is 0 Å². The zero-order valence-corrected chi connectivity index (χ0v) is 19.7. The summed E-state index contributed by atoms with van der Waals surface area (Å²) in [6.07, 6.45) is 1.62. The summed E-state index contributed by atoms with van der Waals surface area (Å²) in [7, 11) is 0. The molecule has 4 aromatic rings. The minimum atomic E-state index is -0.322. The molecule has 0 bridgehead atoms. The van der Waals surface area contributed by atoms with Crippen LogP contribution >= 0.6 is 11.6 Å². The first kappa shape index (κ1) is 23.5. The summed E-state index contributed by atoms with van der Waals surface area (Å²) in [4.78, 5) is 12.8. The van der Waals surface area contributed by atoms with Crippen LogP contribution in [0.1, 0.15) is 46.8 Å². The van der Waals surface area contributed by atoms with Gasteiger partial charge in [-0.3, -0.25) is 9.48 Å². The number of amides is 1. The van der Waals surface area contributed by atoms with Gasteiger partial charge < -0.3 is 10.1 Å². The van der Waals surface area contributed by atoms with Crippen molar-refractivity contribution in [2.24, 2.45) is 0 Å². The minimum absolute atomic E-state index is 0.265. The van der Waals surface area contributed by atoms with Crippen molar-refractivity contribution in [3.63, 3.8) is 0 Å². The predicted molar refractivity (Wildman–Crippen MR) is 132 cm³/mol. The van der Waals surface area contributed by atoms with Gasteiger partial charge in [0.05, 0.1) is 6.54 Å². The Morgan fingerprint density at radius 3 is 2.50 bits per heavy atom. The van der Waals surface area contributed by atoms with E-state index in [9.17, 15) is 9.18 Å². The third kappa shape index (κ3) is 6.02. The Hall–Kier alpha value is -3.64. The van der Waals surface area contributed by atoms with Crippen LogP contribution in [0.15, 0.2) is 79.0 Å². The Kier molecular flexibility index (Phi) is 7.28. The average Bonchev–Trinajstić information content (AvgIpc) is 3.18. The minimum Gasteiger partial charge on any atom is -0.489 e. The van der Waals surface area contributed by atoms with Crippen LogP contribution in [0.2, 0.25) is 5.02 Å². The van der Waals surface area contributed by atoms with Crippen LogP contribution in [0.3, 0.4) is 0 Å². The number of anilines is 1. The molecule has 0 saturated carbocycles. The van der Waals surface area contributed by atoms with E-state index in [2.05, 4.69) is 36.4 Å². The molecular weight excluding hydrogens is 453 g/mol. The van der Waals surface area contributed by atoms with Crippen molar-refractivity contribution in [2.45, 2.75) is 32.9 Å². The lowest BCUT2D eigenvalue weighted by atomic mass is 10.0. The quantitative estimate of drug-likeness (QED) is 0.308. The highest BCUT2D eigenvalue weighted by Gasteiger charge is 2.13. The summed E-state index contributed by atoms with van der Waals surface area (Å²) in [5.74, 6) is 0.884. The summed E-state index contributed by atoms with van der Waals surface area (Å²) in [5, 5.41) is 7.42. The zero-order valence-electron chi connectivity index (χ0n) is 19.0. The Morgan fingerprint density at radius 2 is 1.79 bits per heavy atom. The monoisotopic (exact) mass is 477 g/mol. The summed E-state index contributed by atoms with van der Waals surface area (Å²) in [6, 6.07) is 21.4. The van der Waals surface area contributed by atoms with Crippen molar-refractivity contribution in [2.75, 3.05) is 5.32 Å². The summed E-state index contributed by atoms with van der Waals surface area (Å²) < 4.78 is 20.6. The van der Waals surface area contributed by atoms with Gasteiger partial charge >= 0.3 is 0 Å². The lowest BCUT2D eigenvalue weighted by molar-refractivity contribution is 0.102. The molecule has 0 aliphatic heterocycles. The number of nitrogens with zero attached hydrogens (tertiary/aromatic N) is 2. The second kappa shape index (κ2) is 10.5. The van der Waals surface area contributed by atoms with Crippen LogP contribution < -0.4 is 10.1 Å². The molecule has 3 aromatic carbocycles. The molecule has 1 amide bonds. The molecule has 0 atom stereocenters. The molecule has 0 aliphatic rings. The highest BCUT2D eigenvalue weighted by molar-refractivity contribution is 6.33. The van der Waals surface area contributed by atoms with Crippen molar-refractivity contribution in [1.29, 1.82) is 0 Å². The van der Waals surface area contributed by atoms with E-state index in [4.69, 9.17) is 16.3 Å². The van der Waals surface area contributed by atoms with E-state index in [-0.39, 0.29) is 17.5 Å². The predicted octanol–water partition coefficient (Wildman–Crippen LogP) is 6.68. The number of hydrogen-bond donors (Lipinski definition) is 1. The summed E-state index contributed by atoms with van der Waals surface area (Å²) in [6.45, 7) is 5.04. The largest absolute Gasteiger partial charge is 0.489 e. The van der Waals surface area contributed by atoms with E-state index in [1.54, 1.807) is 35.1 Å².